The number of nitrogens with one attached hydrogen (secondary N) is 1. The molecule has 170 valence electrons. The maximum absolute atomic E-state index is 14.5. The first kappa shape index (κ1) is 20.9. The third kappa shape index (κ3) is 3.57. The fourth-order valence-corrected chi connectivity index (χ4v) is 4.09. The Labute approximate surface area is 188 Å². The average molecular weight is 450 g/mol. The minimum atomic E-state index is -1.14. The monoisotopic (exact) mass is 450 g/mol. The van der Waals surface area contributed by atoms with E-state index < -0.39 is 5.97 Å². The van der Waals surface area contributed by atoms with Crippen LogP contribution in [0.3, 0.4) is 0 Å². The first-order chi connectivity index (χ1) is 15.8. The van der Waals surface area contributed by atoms with Crippen molar-refractivity contribution in [1.82, 2.24) is 24.1 Å². The topological polar surface area (TPSA) is 107 Å². The fourth-order valence-electron chi connectivity index (χ4n) is 4.09. The third-order valence-electron chi connectivity index (χ3n) is 5.81. The number of carboxylic acids is 1. The van der Waals surface area contributed by atoms with Crippen LogP contribution in [0.2, 0.25) is 0 Å². The molecular formula is C23H23FN6O3. The normalized spacial score (nSPS) is 12.9. The van der Waals surface area contributed by atoms with Crippen LogP contribution in [0.1, 0.15) is 47.2 Å². The zero-order chi connectivity index (χ0) is 23.3. The SMILES string of the molecule is Cc1nn(C(C)C)cc1-c1cnc(NCc2c(F)ccc3c2CCO3)n2cc(C(=O)O)nc12. The number of imidazole rings is 1. The van der Waals surface area contributed by atoms with E-state index in [-0.39, 0.29) is 24.1 Å². The van der Waals surface area contributed by atoms with E-state index in [0.717, 1.165) is 16.8 Å². The van der Waals surface area contributed by atoms with Crippen LogP contribution in [0.15, 0.2) is 30.7 Å². The number of carbonyl (C=O) groups is 1. The average Bonchev–Trinajstić information content (AvgIpc) is 3.51. The predicted octanol–water partition coefficient (Wildman–Crippen LogP) is 3.87. The van der Waals surface area contributed by atoms with Crippen molar-refractivity contribution in [2.45, 2.75) is 39.8 Å². The number of aromatic carboxylic acids is 1. The lowest BCUT2D eigenvalue weighted by Gasteiger charge is -2.13. The molecule has 0 amide bonds. The molecule has 0 fully saturated rings. The highest BCUT2D eigenvalue weighted by Crippen LogP contribution is 2.32. The van der Waals surface area contributed by atoms with E-state index in [1.54, 1.807) is 16.7 Å². The van der Waals surface area contributed by atoms with Gasteiger partial charge in [-0.15, -0.1) is 0 Å². The second-order valence-electron chi connectivity index (χ2n) is 8.28. The molecule has 0 aliphatic carbocycles. The molecule has 0 saturated carbocycles. The molecule has 4 aromatic rings. The Hall–Kier alpha value is -3.95. The molecule has 33 heavy (non-hydrogen) atoms. The highest BCUT2D eigenvalue weighted by molar-refractivity contribution is 5.88. The molecule has 5 rings (SSSR count). The molecule has 9 nitrogen and oxygen atoms in total. The summed E-state index contributed by atoms with van der Waals surface area (Å²) in [5.74, 6) is -0.420. The van der Waals surface area contributed by atoms with E-state index in [2.05, 4.69) is 20.4 Å². The number of hydrogen-bond donors (Lipinski definition) is 2. The van der Waals surface area contributed by atoms with E-state index in [0.29, 0.717) is 41.5 Å². The standard InChI is InChI=1S/C23H23FN6O3/c1-12(2)30-10-17(13(3)28-30)16-9-26-23(29-11-19(22(31)32)27-21(16)29)25-8-15-14-6-7-33-20(14)5-4-18(15)24/h4-5,9-12H,6-8H2,1-3H3,(H,25,26)(H,31,32). The van der Waals surface area contributed by atoms with Crippen LogP contribution in [-0.4, -0.2) is 41.8 Å². The van der Waals surface area contributed by atoms with Crippen LogP contribution in [0.5, 0.6) is 5.75 Å². The van der Waals surface area contributed by atoms with Gasteiger partial charge in [0, 0.05) is 59.9 Å². The van der Waals surface area contributed by atoms with Crippen LogP contribution in [0, 0.1) is 12.7 Å². The van der Waals surface area contributed by atoms with Crippen LogP contribution >= 0.6 is 0 Å². The van der Waals surface area contributed by atoms with E-state index in [9.17, 15) is 14.3 Å². The molecule has 0 radical (unpaired) electrons. The first-order valence-electron chi connectivity index (χ1n) is 10.7. The molecule has 1 aromatic carbocycles. The third-order valence-corrected chi connectivity index (χ3v) is 5.81. The molecule has 1 aliphatic heterocycles. The number of halogens is 1. The van der Waals surface area contributed by atoms with Gasteiger partial charge >= 0.3 is 5.97 Å². The zero-order valence-corrected chi connectivity index (χ0v) is 18.5. The van der Waals surface area contributed by atoms with Crippen molar-refractivity contribution in [2.75, 3.05) is 11.9 Å². The highest BCUT2D eigenvalue weighted by atomic mass is 19.1. The highest BCUT2D eigenvalue weighted by Gasteiger charge is 2.22. The number of anilines is 1. The van der Waals surface area contributed by atoms with E-state index in [1.807, 2.05) is 31.6 Å². The summed E-state index contributed by atoms with van der Waals surface area (Å²) >= 11 is 0. The van der Waals surface area contributed by atoms with Crippen molar-refractivity contribution >= 4 is 17.6 Å². The predicted molar refractivity (Wildman–Crippen MR) is 119 cm³/mol. The van der Waals surface area contributed by atoms with Gasteiger partial charge in [0.2, 0.25) is 5.95 Å². The molecular weight excluding hydrogens is 427 g/mol. The van der Waals surface area contributed by atoms with Crippen molar-refractivity contribution in [1.29, 1.82) is 0 Å². The Morgan fingerprint density at radius 3 is 2.85 bits per heavy atom. The Kier molecular flexibility index (Phi) is 4.99. The number of aryl methyl sites for hydroxylation is 1. The summed E-state index contributed by atoms with van der Waals surface area (Å²) in [7, 11) is 0. The Morgan fingerprint density at radius 1 is 1.30 bits per heavy atom. The van der Waals surface area contributed by atoms with Gasteiger partial charge in [0.1, 0.15) is 17.2 Å². The summed E-state index contributed by atoms with van der Waals surface area (Å²) in [6.45, 7) is 6.64. The molecule has 0 saturated heterocycles. The molecule has 2 N–H and O–H groups in total. The number of ether oxygens (including phenoxy) is 1. The van der Waals surface area contributed by atoms with Crippen molar-refractivity contribution < 1.29 is 19.0 Å². The zero-order valence-electron chi connectivity index (χ0n) is 18.5. The largest absolute Gasteiger partial charge is 0.493 e. The molecule has 10 heteroatoms. The maximum atomic E-state index is 14.5. The molecule has 3 aromatic heterocycles. The van der Waals surface area contributed by atoms with Crippen LogP contribution in [0.4, 0.5) is 10.3 Å². The van der Waals surface area contributed by atoms with Crippen LogP contribution in [-0.2, 0) is 13.0 Å². The quantitative estimate of drug-likeness (QED) is 0.459. The van der Waals surface area contributed by atoms with Gasteiger partial charge in [-0.3, -0.25) is 9.08 Å². The number of hydrogen-bond acceptors (Lipinski definition) is 6. The lowest BCUT2D eigenvalue weighted by molar-refractivity contribution is 0.0691. The Morgan fingerprint density at radius 2 is 2.12 bits per heavy atom. The number of fused-ring (bicyclic) bond motifs is 2. The number of rotatable bonds is 6. The summed E-state index contributed by atoms with van der Waals surface area (Å²) in [6, 6.07) is 3.20. The number of aromatic nitrogens is 5. The van der Waals surface area contributed by atoms with Crippen molar-refractivity contribution in [3.63, 3.8) is 0 Å². The maximum Gasteiger partial charge on any atom is 0.356 e. The van der Waals surface area contributed by atoms with Gasteiger partial charge in [-0.05, 0) is 32.9 Å². The van der Waals surface area contributed by atoms with Crippen LogP contribution < -0.4 is 10.1 Å². The van der Waals surface area contributed by atoms with Gasteiger partial charge < -0.3 is 15.2 Å². The minimum Gasteiger partial charge on any atom is -0.493 e. The van der Waals surface area contributed by atoms with Gasteiger partial charge in [-0.2, -0.15) is 5.10 Å². The number of benzene rings is 1. The van der Waals surface area contributed by atoms with Crippen LogP contribution in [0.25, 0.3) is 16.8 Å². The summed E-state index contributed by atoms with van der Waals surface area (Å²) in [4.78, 5) is 20.5. The lowest BCUT2D eigenvalue weighted by atomic mass is 10.0. The van der Waals surface area contributed by atoms with Crippen molar-refractivity contribution in [3.8, 4) is 16.9 Å². The molecule has 4 heterocycles. The molecule has 0 atom stereocenters. The second-order valence-corrected chi connectivity index (χ2v) is 8.28. The fraction of sp³-hybridized carbons (Fsp3) is 0.304. The molecule has 0 unspecified atom stereocenters. The molecule has 0 bridgehead atoms. The van der Waals surface area contributed by atoms with Gasteiger partial charge in [-0.1, -0.05) is 0 Å². The minimum absolute atomic E-state index is 0.110. The molecule has 1 aliphatic rings. The summed E-state index contributed by atoms with van der Waals surface area (Å²) in [5.41, 5.74) is 3.94. The summed E-state index contributed by atoms with van der Waals surface area (Å²) in [6.07, 6.45) is 5.59. The van der Waals surface area contributed by atoms with Gasteiger partial charge in [0.15, 0.2) is 5.69 Å². The van der Waals surface area contributed by atoms with Gasteiger partial charge in [0.25, 0.3) is 0 Å². The van der Waals surface area contributed by atoms with Gasteiger partial charge in [-0.25, -0.2) is 19.2 Å². The second kappa shape index (κ2) is 7.88. The van der Waals surface area contributed by atoms with E-state index in [1.165, 1.54) is 12.3 Å². The lowest BCUT2D eigenvalue weighted by Crippen LogP contribution is -2.09. The summed E-state index contributed by atoms with van der Waals surface area (Å²) in [5, 5.41) is 17.2. The Bertz CT molecular complexity index is 1390. The Balaban J connectivity index is 1.57. The summed E-state index contributed by atoms with van der Waals surface area (Å²) < 4.78 is 23.5. The number of carboxylic acid groups (broad SMARTS) is 1. The van der Waals surface area contributed by atoms with E-state index in [4.69, 9.17) is 4.74 Å². The first-order valence-corrected chi connectivity index (χ1v) is 10.7. The molecule has 0 spiro atoms. The van der Waals surface area contributed by atoms with Gasteiger partial charge in [0.05, 0.1) is 12.3 Å². The van der Waals surface area contributed by atoms with E-state index >= 15 is 0 Å². The van der Waals surface area contributed by atoms with Crippen molar-refractivity contribution in [3.05, 3.63) is 59.1 Å². The van der Waals surface area contributed by atoms with Crippen molar-refractivity contribution in [2.24, 2.45) is 0 Å². The number of nitrogens with zero attached hydrogens (tertiary/aromatic N) is 5. The smallest absolute Gasteiger partial charge is 0.356 e.